The third-order valence-corrected chi connectivity index (χ3v) is 3.05. The zero-order chi connectivity index (χ0) is 14.4. The van der Waals surface area contributed by atoms with E-state index in [9.17, 15) is 9.59 Å². The maximum absolute atomic E-state index is 11.7. The van der Waals surface area contributed by atoms with Gasteiger partial charge in [0.15, 0.2) is 0 Å². The summed E-state index contributed by atoms with van der Waals surface area (Å²) in [5, 5.41) is 2.63. The number of ether oxygens (including phenoxy) is 1. The smallest absolute Gasteiger partial charge is 0.410 e. The van der Waals surface area contributed by atoms with Gasteiger partial charge in [-0.05, 0) is 13.8 Å². The van der Waals surface area contributed by atoms with Gasteiger partial charge < -0.3 is 15.5 Å². The van der Waals surface area contributed by atoms with Crippen LogP contribution in [0.5, 0.6) is 0 Å². The molecule has 3 atom stereocenters. The van der Waals surface area contributed by atoms with Gasteiger partial charge in [0.2, 0.25) is 5.91 Å². The summed E-state index contributed by atoms with van der Waals surface area (Å²) in [4.78, 5) is 28.3. The van der Waals surface area contributed by atoms with E-state index < -0.39 is 0 Å². The van der Waals surface area contributed by atoms with Gasteiger partial charge in [0.1, 0.15) is 6.10 Å². The Morgan fingerprint density at radius 3 is 2.95 bits per heavy atom. The Kier molecular flexibility index (Phi) is 5.56. The lowest BCUT2D eigenvalue weighted by Gasteiger charge is -2.25. The number of cyclic esters (lactones) is 1. The molecule has 1 rings (SSSR count). The Morgan fingerprint density at radius 2 is 2.37 bits per heavy atom. The molecule has 4 N–H and O–H groups in total. The van der Waals surface area contributed by atoms with Gasteiger partial charge in [-0.3, -0.25) is 14.7 Å². The number of nitrogens with one attached hydrogen (secondary N) is 2. The second-order valence-electron chi connectivity index (χ2n) is 4.52. The zero-order valence-corrected chi connectivity index (χ0v) is 11.4. The normalized spacial score (nSPS) is 22.2. The molecule has 0 spiro atoms. The van der Waals surface area contributed by atoms with Gasteiger partial charge in [0.25, 0.3) is 0 Å². The molecule has 19 heavy (non-hydrogen) atoms. The van der Waals surface area contributed by atoms with Crippen molar-refractivity contribution in [3.8, 4) is 0 Å². The fourth-order valence-electron chi connectivity index (χ4n) is 1.78. The van der Waals surface area contributed by atoms with Gasteiger partial charge in [-0.2, -0.15) is 0 Å². The number of hydrogen-bond acceptors (Lipinski definition) is 5. The van der Waals surface area contributed by atoms with Crippen LogP contribution in [0.25, 0.3) is 0 Å². The Labute approximate surface area is 112 Å². The average molecular weight is 271 g/mol. The average Bonchev–Trinajstić information content (AvgIpc) is 2.73. The molecule has 0 aromatic heterocycles. The molecule has 1 fully saturated rings. The lowest BCUT2D eigenvalue weighted by Crippen LogP contribution is -2.41. The molecule has 8 heteroatoms. The molecular weight excluding hydrogens is 250 g/mol. The fraction of sp³-hybridized carbons (Fsp3) is 0.727. The van der Waals surface area contributed by atoms with Crippen molar-refractivity contribution >= 4 is 18.3 Å². The number of carbonyl (C=O) groups excluding carboxylic acids is 2. The fourth-order valence-corrected chi connectivity index (χ4v) is 1.78. The molecule has 2 amide bonds. The van der Waals surface area contributed by atoms with E-state index in [1.165, 1.54) is 13.3 Å². The molecule has 1 aliphatic rings. The Bertz CT molecular complexity index is 360. The van der Waals surface area contributed by atoms with Gasteiger partial charge in [0.05, 0.1) is 31.5 Å². The summed E-state index contributed by atoms with van der Waals surface area (Å²) < 4.78 is 5.18. The maximum atomic E-state index is 11.7. The monoisotopic (exact) mass is 271 g/mol. The molecule has 1 unspecified atom stereocenters. The molecule has 1 heterocycles. The van der Waals surface area contributed by atoms with Gasteiger partial charge in [-0.15, -0.1) is 0 Å². The minimum absolute atomic E-state index is 0.108. The van der Waals surface area contributed by atoms with E-state index in [2.05, 4.69) is 15.7 Å². The third kappa shape index (κ3) is 4.40. The van der Waals surface area contributed by atoms with Crippen LogP contribution in [0.15, 0.2) is 4.99 Å². The molecule has 1 saturated heterocycles. The first-order chi connectivity index (χ1) is 8.95. The maximum Gasteiger partial charge on any atom is 0.410 e. The lowest BCUT2D eigenvalue weighted by atomic mass is 10.1. The molecule has 0 radical (unpaired) electrons. The molecule has 1 aliphatic heterocycles. The second-order valence-corrected chi connectivity index (χ2v) is 4.52. The third-order valence-electron chi connectivity index (χ3n) is 3.05. The SMILES string of the molecule is CC(=O)NC[C@H]1CN([C@@H](C)C(C)N=CNN)C(=O)O1. The van der Waals surface area contributed by atoms with Crippen molar-refractivity contribution in [1.82, 2.24) is 15.6 Å². The Hall–Kier alpha value is -1.83. The summed E-state index contributed by atoms with van der Waals surface area (Å²) in [6.45, 7) is 5.96. The second kappa shape index (κ2) is 6.93. The standard InChI is InChI=1S/C11H21N5O3/c1-7(14-6-15-12)8(2)16-5-10(19-11(16)18)4-13-9(3)17/h6-8,10H,4-5,12H2,1-3H3,(H,13,17)(H,14,15)/t7?,8-,10-/m0/s1. The van der Waals surface area contributed by atoms with Crippen molar-refractivity contribution < 1.29 is 14.3 Å². The molecule has 0 aromatic rings. The van der Waals surface area contributed by atoms with Crippen LogP contribution in [-0.2, 0) is 9.53 Å². The number of amides is 2. The number of rotatable bonds is 6. The molecule has 8 nitrogen and oxygen atoms in total. The first-order valence-corrected chi connectivity index (χ1v) is 6.15. The molecule has 0 bridgehead atoms. The van der Waals surface area contributed by atoms with E-state index in [0.717, 1.165) is 0 Å². The van der Waals surface area contributed by atoms with Gasteiger partial charge in [0, 0.05) is 6.92 Å². The topological polar surface area (TPSA) is 109 Å². The largest absolute Gasteiger partial charge is 0.442 e. The Balaban J connectivity index is 2.52. The zero-order valence-electron chi connectivity index (χ0n) is 11.4. The summed E-state index contributed by atoms with van der Waals surface area (Å²) >= 11 is 0. The number of hydrogen-bond donors (Lipinski definition) is 3. The minimum atomic E-state index is -0.384. The van der Waals surface area contributed by atoms with E-state index in [1.807, 2.05) is 13.8 Å². The minimum Gasteiger partial charge on any atom is -0.442 e. The summed E-state index contributed by atoms with van der Waals surface area (Å²) in [5.41, 5.74) is 2.32. The van der Waals surface area contributed by atoms with Gasteiger partial charge in [-0.1, -0.05) is 0 Å². The van der Waals surface area contributed by atoms with Gasteiger partial charge >= 0.3 is 6.09 Å². The van der Waals surface area contributed by atoms with Crippen molar-refractivity contribution in [2.75, 3.05) is 13.1 Å². The summed E-state index contributed by atoms with van der Waals surface area (Å²) in [5.74, 6) is 4.96. The molecule has 108 valence electrons. The van der Waals surface area contributed by atoms with Crippen molar-refractivity contribution in [2.45, 2.75) is 39.0 Å². The van der Waals surface area contributed by atoms with E-state index >= 15 is 0 Å². The van der Waals surface area contributed by atoms with Crippen molar-refractivity contribution in [1.29, 1.82) is 0 Å². The molecule has 0 aliphatic carbocycles. The molecule has 0 aromatic carbocycles. The highest BCUT2D eigenvalue weighted by Gasteiger charge is 2.36. The summed E-state index contributed by atoms with van der Waals surface area (Å²) in [6, 6.07) is -0.220. The number of aliphatic imine (C=N–C) groups is 1. The Morgan fingerprint density at radius 1 is 1.68 bits per heavy atom. The summed E-state index contributed by atoms with van der Waals surface area (Å²) in [6.07, 6.45) is 0.686. The highest BCUT2D eigenvalue weighted by molar-refractivity contribution is 5.73. The first kappa shape index (κ1) is 15.2. The molecule has 0 saturated carbocycles. The highest BCUT2D eigenvalue weighted by Crippen LogP contribution is 2.17. The van der Waals surface area contributed by atoms with Crippen LogP contribution in [0.3, 0.4) is 0 Å². The number of nitrogens with zero attached hydrogens (tertiary/aromatic N) is 2. The van der Waals surface area contributed by atoms with E-state index in [-0.39, 0.29) is 30.2 Å². The number of nitrogens with two attached hydrogens (primary N) is 1. The number of hydrazine groups is 1. The van der Waals surface area contributed by atoms with Crippen LogP contribution >= 0.6 is 0 Å². The van der Waals surface area contributed by atoms with Crippen LogP contribution in [-0.4, -0.2) is 54.5 Å². The van der Waals surface area contributed by atoms with Gasteiger partial charge in [-0.25, -0.2) is 10.6 Å². The van der Waals surface area contributed by atoms with Crippen molar-refractivity contribution in [3.05, 3.63) is 0 Å². The van der Waals surface area contributed by atoms with Crippen LogP contribution < -0.4 is 16.6 Å². The predicted octanol–water partition coefficient (Wildman–Crippen LogP) is -0.788. The molecular formula is C11H21N5O3. The van der Waals surface area contributed by atoms with Crippen molar-refractivity contribution in [3.63, 3.8) is 0 Å². The van der Waals surface area contributed by atoms with E-state index in [1.54, 1.807) is 4.90 Å². The quantitative estimate of drug-likeness (QED) is 0.254. The van der Waals surface area contributed by atoms with Crippen molar-refractivity contribution in [2.24, 2.45) is 10.8 Å². The predicted molar refractivity (Wildman–Crippen MR) is 70.4 cm³/mol. The van der Waals surface area contributed by atoms with Crippen LogP contribution in [0.1, 0.15) is 20.8 Å². The van der Waals surface area contributed by atoms with Crippen LogP contribution in [0.2, 0.25) is 0 Å². The van der Waals surface area contributed by atoms with E-state index in [0.29, 0.717) is 13.1 Å². The van der Waals surface area contributed by atoms with Crippen LogP contribution in [0.4, 0.5) is 4.79 Å². The summed E-state index contributed by atoms with van der Waals surface area (Å²) in [7, 11) is 0. The first-order valence-electron chi connectivity index (χ1n) is 6.15. The van der Waals surface area contributed by atoms with E-state index in [4.69, 9.17) is 10.6 Å². The number of carbonyl (C=O) groups is 2. The highest BCUT2D eigenvalue weighted by atomic mass is 16.6. The van der Waals surface area contributed by atoms with Crippen LogP contribution in [0, 0.1) is 0 Å². The lowest BCUT2D eigenvalue weighted by molar-refractivity contribution is -0.119.